The van der Waals surface area contributed by atoms with E-state index in [2.05, 4.69) is 81.9 Å². The maximum Gasteiger partial charge on any atom is 0.390 e. The minimum Gasteiger partial charge on any atom is -0.393 e. The second kappa shape index (κ2) is 25.8. The number of nitrogens with zero attached hydrogens (tertiary/aromatic N) is 5. The highest BCUT2D eigenvalue weighted by atomic mass is 32.1. The topological polar surface area (TPSA) is 194 Å². The molecule has 19 heteroatoms. The molecule has 2 fully saturated rings. The highest BCUT2D eigenvalue weighted by Gasteiger charge is 2.43. The van der Waals surface area contributed by atoms with Crippen LogP contribution in [0.25, 0.3) is 32.6 Å². The van der Waals surface area contributed by atoms with Crippen molar-refractivity contribution < 1.29 is 33.0 Å². The fraction of sp³-hybridized carbons (Fsp3) is 0.566. The third-order valence-electron chi connectivity index (χ3n) is 13.7. The maximum atomic E-state index is 14.0. The summed E-state index contributed by atoms with van der Waals surface area (Å²) in [4.78, 5) is 43.5. The monoisotopic (exact) mass is 1020 g/mol. The average molecular weight is 1020 g/mol. The second-order valence-electron chi connectivity index (χ2n) is 20.4. The number of anilines is 1. The lowest BCUT2D eigenvalue weighted by molar-refractivity contribution is -0.142. The molecule has 0 radical (unpaired) electrons. The number of amides is 2. The minimum atomic E-state index is -4.27. The van der Waals surface area contributed by atoms with Crippen molar-refractivity contribution in [2.24, 2.45) is 5.41 Å². The molecule has 15 nitrogen and oxygen atoms in total. The highest BCUT2D eigenvalue weighted by Crippen LogP contribution is 2.37. The number of unbranched alkanes of at least 4 members (excludes halogenated alkanes) is 2. The van der Waals surface area contributed by atoms with Crippen molar-refractivity contribution in [2.45, 2.75) is 135 Å². The number of carbonyl (C=O) groups excluding carboxylic acids is 2. The summed E-state index contributed by atoms with van der Waals surface area (Å²) in [6.45, 7) is 13.7. The van der Waals surface area contributed by atoms with Crippen LogP contribution in [0.15, 0.2) is 66.4 Å². The molecule has 2 amide bonds. The van der Waals surface area contributed by atoms with Crippen LogP contribution in [0.5, 0.6) is 0 Å². The van der Waals surface area contributed by atoms with Gasteiger partial charge in [-0.3, -0.25) is 9.59 Å². The summed E-state index contributed by atoms with van der Waals surface area (Å²) in [7, 11) is 0. The zero-order valence-electron chi connectivity index (χ0n) is 42.2. The zero-order chi connectivity index (χ0) is 51.3. The van der Waals surface area contributed by atoms with Gasteiger partial charge in [-0.1, -0.05) is 75.7 Å². The molecule has 7 rings (SSSR count). The van der Waals surface area contributed by atoms with E-state index >= 15 is 0 Å². The molecule has 0 unspecified atom stereocenters. The molecular weight excluding hydrogens is 944 g/mol. The summed E-state index contributed by atoms with van der Waals surface area (Å²) < 4.78 is 40.5. The Kier molecular flexibility index (Phi) is 19.6. The predicted molar refractivity (Wildman–Crippen MR) is 278 cm³/mol. The number of hydrogen-bond acceptors (Lipinski definition) is 13. The summed E-state index contributed by atoms with van der Waals surface area (Å²) in [6.07, 6.45) is 3.81. The van der Waals surface area contributed by atoms with Gasteiger partial charge in [0, 0.05) is 88.2 Å². The summed E-state index contributed by atoms with van der Waals surface area (Å²) in [6, 6.07) is 15.3. The Hall–Kier alpha value is -5.02. The molecule has 0 spiro atoms. The lowest BCUT2D eigenvalue weighted by atomic mass is 9.85. The van der Waals surface area contributed by atoms with Crippen LogP contribution in [0.1, 0.15) is 101 Å². The number of aromatic nitrogens is 4. The molecule has 8 N–H and O–H groups in total. The number of aryl methyl sites for hydroxylation is 1. The van der Waals surface area contributed by atoms with E-state index in [1.807, 2.05) is 57.5 Å². The fourth-order valence-electron chi connectivity index (χ4n) is 9.61. The summed E-state index contributed by atoms with van der Waals surface area (Å²) in [5, 5.41) is 41.3. The standard InChI is InChI=1S/C53H74F3N11O4S/c1-35-46(72-34-64-35)39-14-10-37(11-15-39)30-62-49(70)45-28-42(69)32-67(45)50(71)47(52(2,3)4)60-27-26-58-22-7-5-6-21-57-24-25-59-29-36-8-12-38(13-9-36)44-33-66(40-16-18-41(68)19-17-40)48-43(44)31-63-51(65-48)61-23-20-53(54,55)56/h8-15,31,33-34,40-42,45,47,57-60,68-69H,5-7,16-30,32H2,1-4H3,(H,62,70)(H,61,63,65)/t40-,41-,42-,45+,47-/m1/s1. The number of likely N-dealkylation sites (tertiary alicyclic amines) is 1. The Morgan fingerprint density at radius 1 is 0.792 bits per heavy atom. The summed E-state index contributed by atoms with van der Waals surface area (Å²) in [5.41, 5.74) is 8.23. The van der Waals surface area contributed by atoms with Crippen molar-refractivity contribution in [3.05, 3.63) is 83.3 Å². The van der Waals surface area contributed by atoms with E-state index in [0.29, 0.717) is 38.1 Å². The smallest absolute Gasteiger partial charge is 0.390 e. The van der Waals surface area contributed by atoms with E-state index in [9.17, 15) is 33.0 Å². The number of hydrogen-bond donors (Lipinski definition) is 8. The van der Waals surface area contributed by atoms with E-state index in [1.54, 1.807) is 22.4 Å². The van der Waals surface area contributed by atoms with Crippen molar-refractivity contribution >= 4 is 40.1 Å². The van der Waals surface area contributed by atoms with Gasteiger partial charge in [0.2, 0.25) is 17.8 Å². The van der Waals surface area contributed by atoms with Gasteiger partial charge in [0.15, 0.2) is 0 Å². The molecule has 5 aromatic rings. The van der Waals surface area contributed by atoms with E-state index in [4.69, 9.17) is 0 Å². The molecule has 1 aliphatic carbocycles. The lowest BCUT2D eigenvalue weighted by Gasteiger charge is -2.35. The maximum absolute atomic E-state index is 14.0. The molecule has 1 saturated heterocycles. The normalized spacial score (nSPS) is 19.0. The van der Waals surface area contributed by atoms with Crippen LogP contribution >= 0.6 is 11.3 Å². The number of nitrogens with one attached hydrogen (secondary N) is 6. The first-order chi connectivity index (χ1) is 34.5. The quantitative estimate of drug-likeness (QED) is 0.0277. The number of carbonyl (C=O) groups is 2. The van der Waals surface area contributed by atoms with Crippen LogP contribution in [-0.2, 0) is 22.7 Å². The Bertz CT molecular complexity index is 2490. The van der Waals surface area contributed by atoms with Crippen LogP contribution in [-0.4, -0.2) is 129 Å². The first-order valence-corrected chi connectivity index (χ1v) is 26.5. The third kappa shape index (κ3) is 15.5. The van der Waals surface area contributed by atoms with Crippen LogP contribution in [0, 0.1) is 12.3 Å². The molecule has 3 aromatic heterocycles. The van der Waals surface area contributed by atoms with Gasteiger partial charge in [-0.2, -0.15) is 18.2 Å². The summed E-state index contributed by atoms with van der Waals surface area (Å²) in [5.74, 6) is -0.272. The minimum absolute atomic E-state index is 0.126. The van der Waals surface area contributed by atoms with Gasteiger partial charge in [0.05, 0.1) is 40.8 Å². The van der Waals surface area contributed by atoms with Crippen LogP contribution in [0.4, 0.5) is 19.1 Å². The zero-order valence-corrected chi connectivity index (χ0v) is 43.0. The molecule has 392 valence electrons. The Balaban J connectivity index is 0.759. The number of rotatable bonds is 25. The third-order valence-corrected chi connectivity index (χ3v) is 14.6. The van der Waals surface area contributed by atoms with E-state index in [0.717, 1.165) is 109 Å². The molecule has 1 saturated carbocycles. The fourth-order valence-corrected chi connectivity index (χ4v) is 10.4. The molecule has 1 aliphatic heterocycles. The Labute approximate surface area is 425 Å². The Morgan fingerprint density at radius 3 is 2.10 bits per heavy atom. The predicted octanol–water partition coefficient (Wildman–Crippen LogP) is 7.09. The number of aliphatic hydroxyl groups is 2. The van der Waals surface area contributed by atoms with E-state index in [1.165, 1.54) is 0 Å². The lowest BCUT2D eigenvalue weighted by Crippen LogP contribution is -2.57. The molecular formula is C53H74F3N11O4S. The van der Waals surface area contributed by atoms with Crippen molar-refractivity contribution in [1.82, 2.24) is 51.0 Å². The first-order valence-electron chi connectivity index (χ1n) is 25.6. The number of thiazole rings is 1. The number of fused-ring (bicyclic) bond motifs is 1. The average Bonchev–Trinajstić information content (AvgIpc) is 4.08. The van der Waals surface area contributed by atoms with Crippen LogP contribution in [0.3, 0.4) is 0 Å². The molecule has 0 bridgehead atoms. The molecule has 3 atom stereocenters. The van der Waals surface area contributed by atoms with Crippen molar-refractivity contribution in [1.29, 1.82) is 0 Å². The van der Waals surface area contributed by atoms with Crippen LogP contribution in [0.2, 0.25) is 0 Å². The number of β-amino-alcohol motifs (C(OH)–C–C–N with tert-alkyl or cyclic N) is 1. The SMILES string of the molecule is Cc1ncsc1-c1ccc(CNC(=O)[C@@H]2C[C@@H](O)CN2C(=O)[C@@H](NCCNCCCCCNCCNCc2ccc(-c3cn([C@H]4CC[C@H](O)CC4)c4nc(NCCC(F)(F)F)ncc34)cc2)C(C)(C)C)cc1. The van der Waals surface area contributed by atoms with Gasteiger partial charge < -0.3 is 51.6 Å². The number of halogens is 3. The van der Waals surface area contributed by atoms with Crippen LogP contribution < -0.4 is 31.9 Å². The number of aliphatic hydroxyl groups excluding tert-OH is 2. The van der Waals surface area contributed by atoms with Gasteiger partial charge in [-0.15, -0.1) is 11.3 Å². The van der Waals surface area contributed by atoms with Crippen molar-refractivity contribution in [3.8, 4) is 21.6 Å². The molecule has 2 aromatic carbocycles. The van der Waals surface area contributed by atoms with E-state index in [-0.39, 0.29) is 49.4 Å². The molecule has 4 heterocycles. The van der Waals surface area contributed by atoms with Crippen molar-refractivity contribution in [3.63, 3.8) is 0 Å². The van der Waals surface area contributed by atoms with Gasteiger partial charge in [-0.25, -0.2) is 9.97 Å². The number of alkyl halides is 3. The van der Waals surface area contributed by atoms with Gasteiger partial charge in [0.1, 0.15) is 11.7 Å². The highest BCUT2D eigenvalue weighted by molar-refractivity contribution is 7.13. The molecule has 72 heavy (non-hydrogen) atoms. The molecule has 2 aliphatic rings. The van der Waals surface area contributed by atoms with Gasteiger partial charge in [0.25, 0.3) is 0 Å². The van der Waals surface area contributed by atoms with Crippen molar-refractivity contribution in [2.75, 3.05) is 57.7 Å². The van der Waals surface area contributed by atoms with E-state index < -0.39 is 36.2 Å². The summed E-state index contributed by atoms with van der Waals surface area (Å²) >= 11 is 1.60. The van der Waals surface area contributed by atoms with Gasteiger partial charge >= 0.3 is 6.18 Å². The second-order valence-corrected chi connectivity index (χ2v) is 21.3. The van der Waals surface area contributed by atoms with Gasteiger partial charge in [-0.05, 0) is 86.2 Å². The Morgan fingerprint density at radius 2 is 1.44 bits per heavy atom. The largest absolute Gasteiger partial charge is 0.393 e. The number of benzene rings is 2. The first kappa shape index (κ1) is 54.7.